The van der Waals surface area contributed by atoms with Crippen LogP contribution < -0.4 is 0 Å². The van der Waals surface area contributed by atoms with Gasteiger partial charge >= 0.3 is 0 Å². The van der Waals surface area contributed by atoms with Gasteiger partial charge in [-0.15, -0.1) is 0 Å². The van der Waals surface area contributed by atoms with Crippen molar-refractivity contribution in [3.63, 3.8) is 0 Å². The van der Waals surface area contributed by atoms with Crippen LogP contribution in [0.4, 0.5) is 0 Å². The Morgan fingerprint density at radius 1 is 0.931 bits per heavy atom. The lowest BCUT2D eigenvalue weighted by atomic mass is 9.90. The maximum absolute atomic E-state index is 12.9. The van der Waals surface area contributed by atoms with E-state index in [1.807, 2.05) is 11.0 Å². The van der Waals surface area contributed by atoms with Crippen LogP contribution in [0.15, 0.2) is 48.7 Å². The molecule has 152 valence electrons. The second-order valence-corrected chi connectivity index (χ2v) is 7.76. The van der Waals surface area contributed by atoms with Gasteiger partial charge in [-0.05, 0) is 42.9 Å². The van der Waals surface area contributed by atoms with E-state index in [-0.39, 0.29) is 11.8 Å². The zero-order valence-electron chi connectivity index (χ0n) is 16.6. The van der Waals surface area contributed by atoms with Gasteiger partial charge in [0.1, 0.15) is 5.69 Å². The van der Waals surface area contributed by atoms with Crippen molar-refractivity contribution in [1.82, 2.24) is 14.8 Å². The van der Waals surface area contributed by atoms with E-state index in [1.54, 1.807) is 23.2 Å². The average Bonchev–Trinajstić information content (AvgIpc) is 2.80. The van der Waals surface area contributed by atoms with Gasteiger partial charge in [-0.3, -0.25) is 14.6 Å². The predicted octanol–water partition coefficient (Wildman–Crippen LogP) is 2.65. The number of nitrogens with zero attached hydrogens (tertiary/aromatic N) is 3. The third-order valence-corrected chi connectivity index (χ3v) is 5.79. The molecule has 0 unspecified atom stereocenters. The van der Waals surface area contributed by atoms with Crippen LogP contribution in [0.5, 0.6) is 0 Å². The summed E-state index contributed by atoms with van der Waals surface area (Å²) in [5, 5.41) is 0. The van der Waals surface area contributed by atoms with Crippen molar-refractivity contribution in [2.24, 2.45) is 5.92 Å². The molecule has 0 spiro atoms. The van der Waals surface area contributed by atoms with Crippen LogP contribution in [0.25, 0.3) is 0 Å². The SMILES string of the molecule is O=C(c1ccnc(C(=O)N2CCC(Cc3ccccc3)CC2)c1)N1CCOCC1. The molecule has 3 heterocycles. The number of rotatable bonds is 4. The van der Waals surface area contributed by atoms with Gasteiger partial charge in [0.2, 0.25) is 0 Å². The van der Waals surface area contributed by atoms with E-state index in [1.165, 1.54) is 5.56 Å². The van der Waals surface area contributed by atoms with Crippen LogP contribution in [0.2, 0.25) is 0 Å². The second-order valence-electron chi connectivity index (χ2n) is 7.76. The molecule has 2 saturated heterocycles. The second kappa shape index (κ2) is 9.18. The number of pyridine rings is 1. The minimum Gasteiger partial charge on any atom is -0.378 e. The van der Waals surface area contributed by atoms with Crippen molar-refractivity contribution >= 4 is 11.8 Å². The van der Waals surface area contributed by atoms with E-state index in [2.05, 4.69) is 29.2 Å². The first-order valence-corrected chi connectivity index (χ1v) is 10.4. The average molecular weight is 393 g/mol. The van der Waals surface area contributed by atoms with Crippen molar-refractivity contribution in [1.29, 1.82) is 0 Å². The number of likely N-dealkylation sites (tertiary alicyclic amines) is 1. The first-order chi connectivity index (χ1) is 14.2. The minimum absolute atomic E-state index is 0.0636. The van der Waals surface area contributed by atoms with Crippen molar-refractivity contribution in [3.05, 3.63) is 65.5 Å². The Morgan fingerprint density at radius 3 is 2.34 bits per heavy atom. The van der Waals surface area contributed by atoms with Gasteiger partial charge < -0.3 is 14.5 Å². The fraction of sp³-hybridized carbons (Fsp3) is 0.435. The summed E-state index contributed by atoms with van der Waals surface area (Å²) in [7, 11) is 0. The number of ether oxygens (including phenoxy) is 1. The summed E-state index contributed by atoms with van der Waals surface area (Å²) < 4.78 is 5.31. The molecule has 2 amide bonds. The summed E-state index contributed by atoms with van der Waals surface area (Å²) >= 11 is 0. The highest BCUT2D eigenvalue weighted by molar-refractivity contribution is 5.98. The summed E-state index contributed by atoms with van der Waals surface area (Å²) in [5.41, 5.74) is 2.23. The van der Waals surface area contributed by atoms with Gasteiger partial charge in [0.05, 0.1) is 13.2 Å². The van der Waals surface area contributed by atoms with Crippen LogP contribution in [0.3, 0.4) is 0 Å². The third kappa shape index (κ3) is 4.82. The van der Waals surface area contributed by atoms with E-state index in [0.717, 1.165) is 32.4 Å². The Kier molecular flexibility index (Phi) is 6.20. The highest BCUT2D eigenvalue weighted by Gasteiger charge is 2.26. The molecule has 2 aliphatic heterocycles. The normalized spacial score (nSPS) is 17.9. The van der Waals surface area contributed by atoms with E-state index in [9.17, 15) is 9.59 Å². The van der Waals surface area contributed by atoms with E-state index in [0.29, 0.717) is 43.5 Å². The van der Waals surface area contributed by atoms with Crippen LogP contribution in [-0.4, -0.2) is 66.0 Å². The van der Waals surface area contributed by atoms with Gasteiger partial charge in [-0.1, -0.05) is 30.3 Å². The van der Waals surface area contributed by atoms with Gasteiger partial charge in [0, 0.05) is 37.9 Å². The molecule has 0 N–H and O–H groups in total. The fourth-order valence-corrected chi connectivity index (χ4v) is 4.08. The minimum atomic E-state index is -0.0835. The van der Waals surface area contributed by atoms with E-state index < -0.39 is 0 Å². The van der Waals surface area contributed by atoms with Crippen molar-refractivity contribution in [2.75, 3.05) is 39.4 Å². The molecule has 6 nitrogen and oxygen atoms in total. The van der Waals surface area contributed by atoms with E-state index in [4.69, 9.17) is 4.74 Å². The largest absolute Gasteiger partial charge is 0.378 e. The first-order valence-electron chi connectivity index (χ1n) is 10.4. The van der Waals surface area contributed by atoms with Gasteiger partial charge in [0.15, 0.2) is 0 Å². The summed E-state index contributed by atoms with van der Waals surface area (Å²) in [4.78, 5) is 33.5. The number of morpholine rings is 1. The third-order valence-electron chi connectivity index (χ3n) is 5.79. The highest BCUT2D eigenvalue weighted by atomic mass is 16.5. The monoisotopic (exact) mass is 393 g/mol. The van der Waals surface area contributed by atoms with E-state index >= 15 is 0 Å². The Morgan fingerprint density at radius 2 is 1.62 bits per heavy atom. The summed E-state index contributed by atoms with van der Waals surface area (Å²) in [6, 6.07) is 13.8. The molecule has 2 aliphatic rings. The Labute approximate surface area is 171 Å². The number of carbonyl (C=O) groups excluding carboxylic acids is 2. The fourth-order valence-electron chi connectivity index (χ4n) is 4.08. The molecule has 0 atom stereocenters. The number of aromatic nitrogens is 1. The summed E-state index contributed by atoms with van der Waals surface area (Å²) in [5.74, 6) is 0.453. The molecule has 1 aromatic heterocycles. The smallest absolute Gasteiger partial charge is 0.272 e. The van der Waals surface area contributed by atoms with Crippen LogP contribution >= 0.6 is 0 Å². The molecule has 0 radical (unpaired) electrons. The number of hydrogen-bond acceptors (Lipinski definition) is 4. The molecule has 1 aromatic carbocycles. The lowest BCUT2D eigenvalue weighted by molar-refractivity contribution is 0.0303. The Balaban J connectivity index is 1.35. The van der Waals surface area contributed by atoms with Crippen LogP contribution in [0.1, 0.15) is 39.3 Å². The number of piperidine rings is 1. The summed E-state index contributed by atoms with van der Waals surface area (Å²) in [6.07, 6.45) is 4.60. The zero-order valence-corrected chi connectivity index (χ0v) is 16.6. The number of carbonyl (C=O) groups is 2. The quantitative estimate of drug-likeness (QED) is 0.801. The molecule has 4 rings (SSSR count). The Bertz CT molecular complexity index is 841. The molecule has 29 heavy (non-hydrogen) atoms. The molecule has 0 bridgehead atoms. The maximum atomic E-state index is 12.9. The number of benzene rings is 1. The van der Waals surface area contributed by atoms with Gasteiger partial charge in [-0.25, -0.2) is 0 Å². The molecule has 2 fully saturated rings. The topological polar surface area (TPSA) is 62.7 Å². The summed E-state index contributed by atoms with van der Waals surface area (Å²) in [6.45, 7) is 3.75. The first kappa shape index (κ1) is 19.6. The zero-order chi connectivity index (χ0) is 20.1. The number of amides is 2. The van der Waals surface area contributed by atoms with Crippen molar-refractivity contribution in [2.45, 2.75) is 19.3 Å². The highest BCUT2D eigenvalue weighted by Crippen LogP contribution is 2.23. The lowest BCUT2D eigenvalue weighted by Crippen LogP contribution is -2.41. The van der Waals surface area contributed by atoms with Crippen molar-refractivity contribution < 1.29 is 14.3 Å². The molecular formula is C23H27N3O3. The molecular weight excluding hydrogens is 366 g/mol. The predicted molar refractivity (Wildman–Crippen MR) is 110 cm³/mol. The van der Waals surface area contributed by atoms with Gasteiger partial charge in [0.25, 0.3) is 11.8 Å². The van der Waals surface area contributed by atoms with Crippen LogP contribution in [-0.2, 0) is 11.2 Å². The van der Waals surface area contributed by atoms with Crippen molar-refractivity contribution in [3.8, 4) is 0 Å². The van der Waals surface area contributed by atoms with Crippen LogP contribution in [0, 0.1) is 5.92 Å². The van der Waals surface area contributed by atoms with Gasteiger partial charge in [-0.2, -0.15) is 0 Å². The standard InChI is InChI=1S/C23H27N3O3/c27-22(26-12-14-29-15-13-26)20-6-9-24-21(17-20)23(28)25-10-7-19(8-11-25)16-18-4-2-1-3-5-18/h1-6,9,17,19H,7-8,10-16H2. The Hall–Kier alpha value is -2.73. The maximum Gasteiger partial charge on any atom is 0.272 e. The molecule has 6 heteroatoms. The molecule has 2 aromatic rings. The molecule has 0 aliphatic carbocycles. The lowest BCUT2D eigenvalue weighted by Gasteiger charge is -2.32. The number of hydrogen-bond donors (Lipinski definition) is 0. The molecule has 0 saturated carbocycles.